The molecule has 3 aromatic rings. The van der Waals surface area contributed by atoms with Crippen LogP contribution in [0.2, 0.25) is 5.02 Å². The van der Waals surface area contributed by atoms with Gasteiger partial charge in [0.1, 0.15) is 0 Å². The highest BCUT2D eigenvalue weighted by molar-refractivity contribution is 9.10. The second-order valence-electron chi connectivity index (χ2n) is 5.95. The lowest BCUT2D eigenvalue weighted by Crippen LogP contribution is -2.41. The van der Waals surface area contributed by atoms with E-state index in [1.54, 1.807) is 72.8 Å². The summed E-state index contributed by atoms with van der Waals surface area (Å²) >= 11 is 9.10. The van der Waals surface area contributed by atoms with Crippen LogP contribution in [0, 0.1) is 0 Å². The molecule has 0 spiro atoms. The standard InChI is InChI=1S/C21H15BrClN3O3/c22-16-7-1-13(2-8-16)19(27)24-18-11-5-15(6-12-18)21(29)26-25-20(28)14-3-9-17(23)10-4-14/h1-12H,(H,24,27)(H,25,28)(H,26,29). The van der Waals surface area contributed by atoms with Crippen LogP contribution >= 0.6 is 27.5 Å². The molecular weight excluding hydrogens is 458 g/mol. The molecule has 0 unspecified atom stereocenters. The average molecular weight is 473 g/mol. The molecule has 0 radical (unpaired) electrons. The summed E-state index contributed by atoms with van der Waals surface area (Å²) in [6.07, 6.45) is 0. The molecule has 3 N–H and O–H groups in total. The van der Waals surface area contributed by atoms with E-state index in [4.69, 9.17) is 11.6 Å². The van der Waals surface area contributed by atoms with Crippen molar-refractivity contribution in [2.45, 2.75) is 0 Å². The van der Waals surface area contributed by atoms with Crippen molar-refractivity contribution in [1.29, 1.82) is 0 Å². The number of benzene rings is 3. The van der Waals surface area contributed by atoms with Gasteiger partial charge in [-0.15, -0.1) is 0 Å². The first-order valence-electron chi connectivity index (χ1n) is 8.45. The second kappa shape index (κ2) is 9.36. The van der Waals surface area contributed by atoms with Crippen LogP contribution in [-0.2, 0) is 0 Å². The third kappa shape index (κ3) is 5.66. The Morgan fingerprint density at radius 2 is 1.03 bits per heavy atom. The lowest BCUT2D eigenvalue weighted by Gasteiger charge is -2.09. The summed E-state index contributed by atoms with van der Waals surface area (Å²) in [7, 11) is 0. The van der Waals surface area contributed by atoms with E-state index in [9.17, 15) is 14.4 Å². The molecular formula is C21H15BrClN3O3. The van der Waals surface area contributed by atoms with E-state index in [1.165, 1.54) is 0 Å². The largest absolute Gasteiger partial charge is 0.322 e. The van der Waals surface area contributed by atoms with Gasteiger partial charge in [0.15, 0.2) is 0 Å². The van der Waals surface area contributed by atoms with Crippen LogP contribution in [0.3, 0.4) is 0 Å². The maximum Gasteiger partial charge on any atom is 0.269 e. The van der Waals surface area contributed by atoms with E-state index in [-0.39, 0.29) is 5.91 Å². The summed E-state index contributed by atoms with van der Waals surface area (Å²) in [4.78, 5) is 36.4. The van der Waals surface area contributed by atoms with E-state index < -0.39 is 11.8 Å². The van der Waals surface area contributed by atoms with Gasteiger partial charge in [0.2, 0.25) is 0 Å². The molecule has 0 aliphatic heterocycles. The SMILES string of the molecule is O=C(NNC(=O)c1ccc(NC(=O)c2ccc(Br)cc2)cc1)c1ccc(Cl)cc1. The Kier molecular flexibility index (Phi) is 6.64. The number of nitrogens with one attached hydrogen (secondary N) is 3. The van der Waals surface area contributed by atoms with Crippen LogP contribution in [-0.4, -0.2) is 17.7 Å². The highest BCUT2D eigenvalue weighted by atomic mass is 79.9. The maximum atomic E-state index is 12.2. The number of hydrogen-bond donors (Lipinski definition) is 3. The summed E-state index contributed by atoms with van der Waals surface area (Å²) in [6, 6.07) is 19.5. The smallest absolute Gasteiger partial charge is 0.269 e. The summed E-state index contributed by atoms with van der Waals surface area (Å²) in [6.45, 7) is 0. The van der Waals surface area contributed by atoms with Crippen molar-refractivity contribution in [2.75, 3.05) is 5.32 Å². The minimum Gasteiger partial charge on any atom is -0.322 e. The molecule has 0 atom stereocenters. The Balaban J connectivity index is 1.55. The summed E-state index contributed by atoms with van der Waals surface area (Å²) in [5.74, 6) is -1.21. The molecule has 8 heteroatoms. The minimum absolute atomic E-state index is 0.259. The number of halogens is 2. The molecule has 6 nitrogen and oxygen atoms in total. The number of anilines is 1. The monoisotopic (exact) mass is 471 g/mol. The number of carbonyl (C=O) groups excluding carboxylic acids is 3. The predicted octanol–water partition coefficient (Wildman–Crippen LogP) is 4.43. The van der Waals surface area contributed by atoms with Crippen molar-refractivity contribution in [3.05, 3.63) is 99.0 Å². The van der Waals surface area contributed by atoms with Crippen LogP contribution in [0.5, 0.6) is 0 Å². The summed E-state index contributed by atoms with van der Waals surface area (Å²) in [5.41, 5.74) is 6.41. The minimum atomic E-state index is -0.488. The first-order valence-corrected chi connectivity index (χ1v) is 9.63. The summed E-state index contributed by atoms with van der Waals surface area (Å²) in [5, 5.41) is 3.27. The Hall–Kier alpha value is -3.16. The van der Waals surface area contributed by atoms with Crippen LogP contribution in [0.15, 0.2) is 77.3 Å². The van der Waals surface area contributed by atoms with Crippen LogP contribution in [0.1, 0.15) is 31.1 Å². The topological polar surface area (TPSA) is 87.3 Å². The Bertz CT molecular complexity index is 1040. The van der Waals surface area contributed by atoms with Crippen molar-refractivity contribution in [3.63, 3.8) is 0 Å². The van der Waals surface area contributed by atoms with Gasteiger partial charge in [0, 0.05) is 31.9 Å². The number of hydrogen-bond acceptors (Lipinski definition) is 3. The van der Waals surface area contributed by atoms with Crippen molar-refractivity contribution in [1.82, 2.24) is 10.9 Å². The first kappa shape index (κ1) is 20.6. The van der Waals surface area contributed by atoms with Gasteiger partial charge in [-0.25, -0.2) is 0 Å². The molecule has 3 aromatic carbocycles. The molecule has 29 heavy (non-hydrogen) atoms. The summed E-state index contributed by atoms with van der Waals surface area (Å²) < 4.78 is 0.882. The lowest BCUT2D eigenvalue weighted by atomic mass is 10.1. The van der Waals surface area contributed by atoms with E-state index in [2.05, 4.69) is 32.1 Å². The zero-order valence-corrected chi connectivity index (χ0v) is 17.3. The van der Waals surface area contributed by atoms with E-state index >= 15 is 0 Å². The third-order valence-electron chi connectivity index (χ3n) is 3.91. The van der Waals surface area contributed by atoms with Gasteiger partial charge in [-0.05, 0) is 72.8 Å². The van der Waals surface area contributed by atoms with Gasteiger partial charge >= 0.3 is 0 Å². The van der Waals surface area contributed by atoms with Crippen molar-refractivity contribution >= 4 is 50.9 Å². The highest BCUT2D eigenvalue weighted by Crippen LogP contribution is 2.14. The fraction of sp³-hybridized carbons (Fsp3) is 0. The van der Waals surface area contributed by atoms with Gasteiger partial charge < -0.3 is 5.32 Å². The molecule has 0 saturated heterocycles. The molecule has 0 aromatic heterocycles. The number of rotatable bonds is 4. The molecule has 146 valence electrons. The molecule has 0 bridgehead atoms. The van der Waals surface area contributed by atoms with Crippen LogP contribution in [0.4, 0.5) is 5.69 Å². The van der Waals surface area contributed by atoms with Gasteiger partial charge in [-0.3, -0.25) is 25.2 Å². The van der Waals surface area contributed by atoms with E-state index in [0.717, 1.165) is 4.47 Å². The highest BCUT2D eigenvalue weighted by Gasteiger charge is 2.10. The fourth-order valence-corrected chi connectivity index (χ4v) is 2.76. The van der Waals surface area contributed by atoms with Crippen LogP contribution < -0.4 is 16.2 Å². The van der Waals surface area contributed by atoms with Gasteiger partial charge in [-0.1, -0.05) is 27.5 Å². The molecule has 3 amide bonds. The Morgan fingerprint density at radius 1 is 0.621 bits per heavy atom. The van der Waals surface area contributed by atoms with Crippen molar-refractivity contribution in [2.24, 2.45) is 0 Å². The van der Waals surface area contributed by atoms with Gasteiger partial charge in [-0.2, -0.15) is 0 Å². The number of carbonyl (C=O) groups is 3. The Labute approximate surface area is 180 Å². The predicted molar refractivity (Wildman–Crippen MR) is 115 cm³/mol. The zero-order chi connectivity index (χ0) is 20.8. The molecule has 0 saturated carbocycles. The quantitative estimate of drug-likeness (QED) is 0.491. The Morgan fingerprint density at radius 3 is 1.55 bits per heavy atom. The lowest BCUT2D eigenvalue weighted by molar-refractivity contribution is 0.0846. The molecule has 0 aliphatic carbocycles. The van der Waals surface area contributed by atoms with Gasteiger partial charge in [0.05, 0.1) is 0 Å². The van der Waals surface area contributed by atoms with Crippen molar-refractivity contribution < 1.29 is 14.4 Å². The van der Waals surface area contributed by atoms with Crippen LogP contribution in [0.25, 0.3) is 0 Å². The number of hydrazine groups is 1. The van der Waals surface area contributed by atoms with Gasteiger partial charge in [0.25, 0.3) is 17.7 Å². The fourth-order valence-electron chi connectivity index (χ4n) is 2.37. The normalized spacial score (nSPS) is 10.1. The first-order chi connectivity index (χ1) is 13.9. The number of amides is 3. The van der Waals surface area contributed by atoms with Crippen molar-refractivity contribution in [3.8, 4) is 0 Å². The average Bonchev–Trinajstić information content (AvgIpc) is 2.73. The maximum absolute atomic E-state index is 12.2. The van der Waals surface area contributed by atoms with E-state index in [1.807, 2.05) is 0 Å². The molecule has 0 aliphatic rings. The molecule has 0 heterocycles. The third-order valence-corrected chi connectivity index (χ3v) is 4.69. The van der Waals surface area contributed by atoms with E-state index in [0.29, 0.717) is 27.4 Å². The zero-order valence-electron chi connectivity index (χ0n) is 14.9. The second-order valence-corrected chi connectivity index (χ2v) is 7.31. The molecule has 3 rings (SSSR count). The molecule has 0 fully saturated rings.